The van der Waals surface area contributed by atoms with E-state index in [4.69, 9.17) is 11.6 Å². The number of halogens is 2. The number of hydrogen-bond acceptors (Lipinski definition) is 2. The zero-order valence-corrected chi connectivity index (χ0v) is 10.8. The molecule has 98 valence electrons. The molecule has 1 aromatic rings. The Morgan fingerprint density at radius 1 is 1.56 bits per heavy atom. The van der Waals surface area contributed by atoms with Gasteiger partial charge in [-0.15, -0.1) is 11.6 Å². The van der Waals surface area contributed by atoms with Crippen LogP contribution in [0.25, 0.3) is 0 Å². The highest BCUT2D eigenvalue weighted by molar-refractivity contribution is 6.20. The molecule has 1 saturated heterocycles. The quantitative estimate of drug-likeness (QED) is 0.798. The molecule has 1 amide bonds. The molecule has 0 aliphatic carbocycles. The number of phenols is 1. The minimum Gasteiger partial charge on any atom is -0.507 e. The molecule has 0 aromatic heterocycles. The van der Waals surface area contributed by atoms with Crippen LogP contribution in [0.4, 0.5) is 4.39 Å². The molecular formula is C13H15ClFNO2. The number of amides is 1. The Morgan fingerprint density at radius 2 is 2.28 bits per heavy atom. The lowest BCUT2D eigenvalue weighted by Gasteiger charge is -2.34. The summed E-state index contributed by atoms with van der Waals surface area (Å²) in [6.07, 6.45) is 0.684. The van der Waals surface area contributed by atoms with Crippen LogP contribution in [0, 0.1) is 11.7 Å². The summed E-state index contributed by atoms with van der Waals surface area (Å²) in [5.74, 6) is -1.32. The van der Waals surface area contributed by atoms with E-state index in [-0.39, 0.29) is 22.6 Å². The number of aromatic hydroxyl groups is 1. The Kier molecular flexibility index (Phi) is 3.76. The van der Waals surface area contributed by atoms with Crippen LogP contribution in [0.2, 0.25) is 0 Å². The molecule has 0 bridgehead atoms. The maximum absolute atomic E-state index is 13.6. The molecule has 2 rings (SSSR count). The van der Waals surface area contributed by atoms with Gasteiger partial charge in [-0.3, -0.25) is 4.79 Å². The Hall–Kier alpha value is -1.29. The van der Waals surface area contributed by atoms with Gasteiger partial charge in [0.2, 0.25) is 0 Å². The monoisotopic (exact) mass is 271 g/mol. The van der Waals surface area contributed by atoms with Gasteiger partial charge in [-0.1, -0.05) is 13.0 Å². The third-order valence-corrected chi connectivity index (χ3v) is 3.94. The molecule has 2 unspecified atom stereocenters. The van der Waals surface area contributed by atoms with Crippen molar-refractivity contribution < 1.29 is 14.3 Å². The first kappa shape index (κ1) is 13.1. The number of hydrogen-bond donors (Lipinski definition) is 1. The third kappa shape index (κ3) is 2.43. The van der Waals surface area contributed by atoms with Gasteiger partial charge < -0.3 is 10.0 Å². The fourth-order valence-electron chi connectivity index (χ4n) is 2.18. The van der Waals surface area contributed by atoms with E-state index >= 15 is 0 Å². The molecule has 1 aromatic carbocycles. The number of nitrogens with zero attached hydrogens (tertiary/aromatic N) is 1. The van der Waals surface area contributed by atoms with Crippen molar-refractivity contribution >= 4 is 17.5 Å². The van der Waals surface area contributed by atoms with E-state index < -0.39 is 11.7 Å². The van der Waals surface area contributed by atoms with Crippen molar-refractivity contribution in [2.24, 2.45) is 5.92 Å². The van der Waals surface area contributed by atoms with E-state index in [9.17, 15) is 14.3 Å². The molecule has 1 N–H and O–H groups in total. The summed E-state index contributed by atoms with van der Waals surface area (Å²) >= 11 is 6.08. The van der Waals surface area contributed by atoms with Crippen molar-refractivity contribution in [1.82, 2.24) is 4.90 Å². The number of carbonyl (C=O) groups excluding carboxylic acids is 1. The Bertz CT molecular complexity index is 446. The fraction of sp³-hybridized carbons (Fsp3) is 0.462. The topological polar surface area (TPSA) is 40.5 Å². The second-order valence-electron chi connectivity index (χ2n) is 4.67. The van der Waals surface area contributed by atoms with Crippen molar-refractivity contribution in [2.75, 3.05) is 13.1 Å². The van der Waals surface area contributed by atoms with Crippen molar-refractivity contribution in [3.05, 3.63) is 29.6 Å². The standard InChI is InChI=1S/C13H15ClFNO2/c1-8-7-16(6-5-9(8)14)13(18)12-10(15)3-2-4-11(12)17/h2-4,8-9,17H,5-7H2,1H3. The first-order valence-electron chi connectivity index (χ1n) is 5.91. The third-order valence-electron chi connectivity index (χ3n) is 3.29. The van der Waals surface area contributed by atoms with Gasteiger partial charge in [-0.05, 0) is 24.5 Å². The summed E-state index contributed by atoms with van der Waals surface area (Å²) < 4.78 is 13.6. The van der Waals surface area contributed by atoms with E-state index in [2.05, 4.69) is 0 Å². The maximum Gasteiger partial charge on any atom is 0.260 e. The summed E-state index contributed by atoms with van der Waals surface area (Å²) in [5, 5.41) is 9.64. The van der Waals surface area contributed by atoms with Crippen LogP contribution >= 0.6 is 11.6 Å². The summed E-state index contributed by atoms with van der Waals surface area (Å²) in [6, 6.07) is 3.85. The fourth-order valence-corrected chi connectivity index (χ4v) is 2.36. The lowest BCUT2D eigenvalue weighted by atomic mass is 9.98. The van der Waals surface area contributed by atoms with Gasteiger partial charge in [-0.25, -0.2) is 4.39 Å². The molecule has 1 aliphatic rings. The van der Waals surface area contributed by atoms with E-state index in [1.165, 1.54) is 18.2 Å². The predicted molar refractivity (Wildman–Crippen MR) is 67.4 cm³/mol. The number of benzene rings is 1. The molecule has 18 heavy (non-hydrogen) atoms. The van der Waals surface area contributed by atoms with Gasteiger partial charge in [0.15, 0.2) is 0 Å². The van der Waals surface area contributed by atoms with E-state index in [0.29, 0.717) is 19.5 Å². The Morgan fingerprint density at radius 3 is 2.89 bits per heavy atom. The van der Waals surface area contributed by atoms with Crippen LogP contribution in [0.1, 0.15) is 23.7 Å². The first-order valence-corrected chi connectivity index (χ1v) is 6.35. The zero-order valence-electron chi connectivity index (χ0n) is 10.1. The summed E-state index contributed by atoms with van der Waals surface area (Å²) in [6.45, 7) is 2.93. The summed E-state index contributed by atoms with van der Waals surface area (Å²) in [4.78, 5) is 13.7. The average Bonchev–Trinajstić information content (AvgIpc) is 2.32. The van der Waals surface area contributed by atoms with Gasteiger partial charge in [0.1, 0.15) is 17.1 Å². The van der Waals surface area contributed by atoms with Gasteiger partial charge in [0.05, 0.1) is 0 Å². The molecular weight excluding hydrogens is 257 g/mol. The second kappa shape index (κ2) is 5.14. The summed E-state index contributed by atoms with van der Waals surface area (Å²) in [5.41, 5.74) is -0.252. The van der Waals surface area contributed by atoms with Crippen LogP contribution in [-0.2, 0) is 0 Å². The normalized spacial score (nSPS) is 24.1. The molecule has 0 saturated carbocycles. The highest BCUT2D eigenvalue weighted by Gasteiger charge is 2.30. The second-order valence-corrected chi connectivity index (χ2v) is 5.23. The molecule has 1 heterocycles. The SMILES string of the molecule is CC1CN(C(=O)c2c(O)cccc2F)CCC1Cl. The highest BCUT2D eigenvalue weighted by Crippen LogP contribution is 2.26. The van der Waals surface area contributed by atoms with Crippen LogP contribution in [0.15, 0.2) is 18.2 Å². The number of likely N-dealkylation sites (tertiary alicyclic amines) is 1. The van der Waals surface area contributed by atoms with Crippen LogP contribution in [-0.4, -0.2) is 34.4 Å². The van der Waals surface area contributed by atoms with Gasteiger partial charge in [-0.2, -0.15) is 0 Å². The predicted octanol–water partition coefficient (Wildman–Crippen LogP) is 2.62. The number of piperidine rings is 1. The number of carbonyl (C=O) groups is 1. The van der Waals surface area contributed by atoms with E-state index in [0.717, 1.165) is 0 Å². The minimum absolute atomic E-state index is 0.0447. The van der Waals surface area contributed by atoms with Gasteiger partial charge in [0.25, 0.3) is 5.91 Å². The number of phenolic OH excluding ortho intramolecular Hbond substituents is 1. The van der Waals surface area contributed by atoms with Crippen molar-refractivity contribution in [3.8, 4) is 5.75 Å². The molecule has 1 fully saturated rings. The number of alkyl halides is 1. The van der Waals surface area contributed by atoms with E-state index in [1.807, 2.05) is 6.92 Å². The lowest BCUT2D eigenvalue weighted by molar-refractivity contribution is 0.0679. The highest BCUT2D eigenvalue weighted by atomic mass is 35.5. The largest absolute Gasteiger partial charge is 0.507 e. The van der Waals surface area contributed by atoms with Crippen molar-refractivity contribution in [1.29, 1.82) is 0 Å². The average molecular weight is 272 g/mol. The molecule has 5 heteroatoms. The lowest BCUT2D eigenvalue weighted by Crippen LogP contribution is -2.43. The maximum atomic E-state index is 13.6. The van der Waals surface area contributed by atoms with E-state index in [1.54, 1.807) is 4.90 Å². The molecule has 0 spiro atoms. The smallest absolute Gasteiger partial charge is 0.260 e. The molecule has 0 radical (unpaired) electrons. The van der Waals surface area contributed by atoms with Gasteiger partial charge >= 0.3 is 0 Å². The van der Waals surface area contributed by atoms with Crippen LogP contribution in [0.3, 0.4) is 0 Å². The minimum atomic E-state index is -0.694. The Balaban J connectivity index is 2.22. The number of rotatable bonds is 1. The van der Waals surface area contributed by atoms with Crippen molar-refractivity contribution in [3.63, 3.8) is 0 Å². The zero-order chi connectivity index (χ0) is 13.3. The molecule has 1 aliphatic heterocycles. The molecule has 3 nitrogen and oxygen atoms in total. The van der Waals surface area contributed by atoms with Crippen LogP contribution < -0.4 is 0 Å². The van der Waals surface area contributed by atoms with Crippen molar-refractivity contribution in [2.45, 2.75) is 18.7 Å². The van der Waals surface area contributed by atoms with Crippen LogP contribution in [0.5, 0.6) is 5.75 Å². The molecule has 2 atom stereocenters. The van der Waals surface area contributed by atoms with Gasteiger partial charge in [0, 0.05) is 18.5 Å². The summed E-state index contributed by atoms with van der Waals surface area (Å²) in [7, 11) is 0. The first-order chi connectivity index (χ1) is 8.50. The Labute approximate surface area is 110 Å².